The standard InChI is InChI=1S/C14H9FN2O2/c15-10-3-1-2-9(8-10)13-11-5-7-17(14(18)19)12(11)4-6-16-13/h1-8H,(H,18,19). The molecule has 1 aromatic carbocycles. The summed E-state index contributed by atoms with van der Waals surface area (Å²) >= 11 is 0. The van der Waals surface area contributed by atoms with E-state index in [2.05, 4.69) is 4.98 Å². The fraction of sp³-hybridized carbons (Fsp3) is 0. The molecule has 0 amide bonds. The Balaban J connectivity index is 2.28. The second-order valence-electron chi connectivity index (χ2n) is 4.07. The number of pyridine rings is 1. The predicted octanol–water partition coefficient (Wildman–Crippen LogP) is 3.37. The maximum Gasteiger partial charge on any atom is 0.416 e. The van der Waals surface area contributed by atoms with Gasteiger partial charge in [-0.25, -0.2) is 9.18 Å². The highest BCUT2D eigenvalue weighted by atomic mass is 19.1. The first-order chi connectivity index (χ1) is 9.16. The molecule has 2 heterocycles. The van der Waals surface area contributed by atoms with Crippen LogP contribution in [0.2, 0.25) is 0 Å². The van der Waals surface area contributed by atoms with Crippen molar-refractivity contribution in [3.8, 4) is 11.3 Å². The lowest BCUT2D eigenvalue weighted by atomic mass is 10.1. The summed E-state index contributed by atoms with van der Waals surface area (Å²) in [5, 5.41) is 9.74. The van der Waals surface area contributed by atoms with Crippen LogP contribution >= 0.6 is 0 Å². The van der Waals surface area contributed by atoms with Crippen LogP contribution < -0.4 is 0 Å². The molecule has 19 heavy (non-hydrogen) atoms. The fourth-order valence-electron chi connectivity index (χ4n) is 2.10. The van der Waals surface area contributed by atoms with Crippen molar-refractivity contribution in [2.45, 2.75) is 0 Å². The van der Waals surface area contributed by atoms with Crippen molar-refractivity contribution < 1.29 is 14.3 Å². The number of halogens is 1. The number of rotatable bonds is 1. The molecule has 0 saturated heterocycles. The first kappa shape index (κ1) is 11.4. The van der Waals surface area contributed by atoms with Crippen molar-refractivity contribution >= 4 is 17.0 Å². The van der Waals surface area contributed by atoms with Crippen LogP contribution in [0.1, 0.15) is 0 Å². The molecule has 4 nitrogen and oxygen atoms in total. The molecule has 0 aliphatic heterocycles. The number of hydrogen-bond acceptors (Lipinski definition) is 2. The lowest BCUT2D eigenvalue weighted by Crippen LogP contribution is -2.05. The normalized spacial score (nSPS) is 10.8. The number of aromatic nitrogens is 2. The second kappa shape index (κ2) is 4.20. The van der Waals surface area contributed by atoms with E-state index in [4.69, 9.17) is 5.11 Å². The Morgan fingerprint density at radius 3 is 2.84 bits per heavy atom. The number of benzene rings is 1. The molecule has 0 radical (unpaired) electrons. The van der Waals surface area contributed by atoms with Crippen molar-refractivity contribution in [1.82, 2.24) is 9.55 Å². The molecular weight excluding hydrogens is 247 g/mol. The van der Waals surface area contributed by atoms with Gasteiger partial charge in [-0.2, -0.15) is 0 Å². The van der Waals surface area contributed by atoms with Gasteiger partial charge in [0.05, 0.1) is 11.2 Å². The molecule has 0 spiro atoms. The zero-order valence-electron chi connectivity index (χ0n) is 9.75. The van der Waals surface area contributed by atoms with Gasteiger partial charge in [0.25, 0.3) is 0 Å². The third-order valence-electron chi connectivity index (χ3n) is 2.92. The van der Waals surface area contributed by atoms with Crippen LogP contribution in [0.3, 0.4) is 0 Å². The molecule has 5 heteroatoms. The summed E-state index contributed by atoms with van der Waals surface area (Å²) in [4.78, 5) is 15.3. The minimum atomic E-state index is -1.06. The number of carbonyl (C=O) groups is 1. The number of carboxylic acid groups (broad SMARTS) is 1. The van der Waals surface area contributed by atoms with Crippen LogP contribution in [0.15, 0.2) is 48.8 Å². The van der Waals surface area contributed by atoms with E-state index >= 15 is 0 Å². The predicted molar refractivity (Wildman–Crippen MR) is 68.5 cm³/mol. The summed E-state index contributed by atoms with van der Waals surface area (Å²) in [6, 6.07) is 9.34. The smallest absolute Gasteiger partial charge is 0.416 e. The van der Waals surface area contributed by atoms with Crippen molar-refractivity contribution in [2.24, 2.45) is 0 Å². The lowest BCUT2D eigenvalue weighted by Gasteiger charge is -2.04. The Morgan fingerprint density at radius 1 is 1.26 bits per heavy atom. The molecule has 0 bridgehead atoms. The Bertz CT molecular complexity index is 780. The minimum Gasteiger partial charge on any atom is -0.464 e. The van der Waals surface area contributed by atoms with E-state index in [1.54, 1.807) is 24.3 Å². The monoisotopic (exact) mass is 256 g/mol. The van der Waals surface area contributed by atoms with Crippen LogP contribution in [0, 0.1) is 5.82 Å². The number of nitrogens with zero attached hydrogens (tertiary/aromatic N) is 2. The first-order valence-electron chi connectivity index (χ1n) is 5.62. The maximum atomic E-state index is 13.3. The van der Waals surface area contributed by atoms with Gasteiger partial charge in [-0.1, -0.05) is 12.1 Å². The van der Waals surface area contributed by atoms with Gasteiger partial charge in [0.15, 0.2) is 0 Å². The lowest BCUT2D eigenvalue weighted by molar-refractivity contribution is 0.197. The summed E-state index contributed by atoms with van der Waals surface area (Å²) in [6.45, 7) is 0. The maximum absolute atomic E-state index is 13.3. The van der Waals surface area contributed by atoms with Crippen LogP contribution in [-0.2, 0) is 0 Å². The van der Waals surface area contributed by atoms with Gasteiger partial charge in [-0.15, -0.1) is 0 Å². The fourth-order valence-corrected chi connectivity index (χ4v) is 2.10. The average molecular weight is 256 g/mol. The topological polar surface area (TPSA) is 55.1 Å². The van der Waals surface area contributed by atoms with E-state index in [0.29, 0.717) is 22.2 Å². The average Bonchev–Trinajstić information content (AvgIpc) is 2.82. The SMILES string of the molecule is O=C(O)n1ccc2c(-c3cccc(F)c3)nccc21. The van der Waals surface area contributed by atoms with Crippen molar-refractivity contribution in [3.63, 3.8) is 0 Å². The largest absolute Gasteiger partial charge is 0.464 e. The third kappa shape index (κ3) is 1.85. The molecule has 3 rings (SSSR count). The quantitative estimate of drug-likeness (QED) is 0.726. The molecule has 94 valence electrons. The van der Waals surface area contributed by atoms with Gasteiger partial charge in [0.1, 0.15) is 5.82 Å². The van der Waals surface area contributed by atoms with Gasteiger partial charge in [0.2, 0.25) is 0 Å². The summed E-state index contributed by atoms with van der Waals surface area (Å²) < 4.78 is 14.4. The van der Waals surface area contributed by atoms with Crippen LogP contribution in [0.5, 0.6) is 0 Å². The molecule has 0 fully saturated rings. The second-order valence-corrected chi connectivity index (χ2v) is 4.07. The van der Waals surface area contributed by atoms with Crippen molar-refractivity contribution in [2.75, 3.05) is 0 Å². The van der Waals surface area contributed by atoms with Gasteiger partial charge in [-0.3, -0.25) is 9.55 Å². The molecule has 0 atom stereocenters. The number of fused-ring (bicyclic) bond motifs is 1. The molecule has 0 aliphatic carbocycles. The van der Waals surface area contributed by atoms with Gasteiger partial charge in [0, 0.05) is 23.3 Å². The van der Waals surface area contributed by atoms with Crippen molar-refractivity contribution in [3.05, 3.63) is 54.6 Å². The highest BCUT2D eigenvalue weighted by molar-refractivity contribution is 5.97. The zero-order valence-corrected chi connectivity index (χ0v) is 9.75. The summed E-state index contributed by atoms with van der Waals surface area (Å²) in [7, 11) is 0. The van der Waals surface area contributed by atoms with Gasteiger partial charge < -0.3 is 5.11 Å². The molecule has 0 saturated carbocycles. The number of hydrogen-bond donors (Lipinski definition) is 1. The van der Waals surface area contributed by atoms with Gasteiger partial charge >= 0.3 is 6.09 Å². The van der Waals surface area contributed by atoms with E-state index in [1.165, 1.54) is 24.5 Å². The summed E-state index contributed by atoms with van der Waals surface area (Å²) in [5.41, 5.74) is 1.72. The van der Waals surface area contributed by atoms with Crippen LogP contribution in [0.4, 0.5) is 9.18 Å². The highest BCUT2D eigenvalue weighted by Crippen LogP contribution is 2.27. The van der Waals surface area contributed by atoms with Crippen molar-refractivity contribution in [1.29, 1.82) is 0 Å². The molecular formula is C14H9FN2O2. The van der Waals surface area contributed by atoms with E-state index < -0.39 is 6.09 Å². The summed E-state index contributed by atoms with van der Waals surface area (Å²) in [5.74, 6) is -0.353. The Kier molecular flexibility index (Phi) is 2.52. The van der Waals surface area contributed by atoms with E-state index in [0.717, 1.165) is 4.57 Å². The summed E-state index contributed by atoms with van der Waals surface area (Å²) in [6.07, 6.45) is 1.91. The van der Waals surface area contributed by atoms with E-state index in [9.17, 15) is 9.18 Å². The third-order valence-corrected chi connectivity index (χ3v) is 2.92. The Labute approximate surface area is 107 Å². The highest BCUT2D eigenvalue weighted by Gasteiger charge is 2.12. The Morgan fingerprint density at radius 2 is 2.11 bits per heavy atom. The Hall–Kier alpha value is -2.69. The van der Waals surface area contributed by atoms with E-state index in [1.807, 2.05) is 0 Å². The molecule has 1 N–H and O–H groups in total. The van der Waals surface area contributed by atoms with Crippen LogP contribution in [0.25, 0.3) is 22.2 Å². The minimum absolute atomic E-state index is 0.353. The zero-order chi connectivity index (χ0) is 13.4. The molecule has 3 aromatic rings. The molecule has 0 unspecified atom stereocenters. The first-order valence-corrected chi connectivity index (χ1v) is 5.62. The molecule has 2 aromatic heterocycles. The molecule has 0 aliphatic rings. The van der Waals surface area contributed by atoms with Gasteiger partial charge in [-0.05, 0) is 24.3 Å². The van der Waals surface area contributed by atoms with Crippen LogP contribution in [-0.4, -0.2) is 20.8 Å². The van der Waals surface area contributed by atoms with E-state index in [-0.39, 0.29) is 5.82 Å².